The lowest BCUT2D eigenvalue weighted by Gasteiger charge is -2.19. The second-order valence-corrected chi connectivity index (χ2v) is 19.0. The van der Waals surface area contributed by atoms with Crippen molar-refractivity contribution in [3.8, 4) is 34.0 Å². The van der Waals surface area contributed by atoms with Crippen LogP contribution in [0.4, 0.5) is 0 Å². The predicted octanol–water partition coefficient (Wildman–Crippen LogP) is 10.4. The molecule has 15 heteroatoms. The lowest BCUT2D eigenvalue weighted by Crippen LogP contribution is -2.24. The topological polar surface area (TPSA) is 183 Å². The fraction of sp³-hybridized carbons (Fsp3) is 0.224. The summed E-state index contributed by atoms with van der Waals surface area (Å²) in [5.41, 5.74) is 5.81. The number of hydrogen-bond acceptors (Lipinski definition) is 10. The summed E-state index contributed by atoms with van der Waals surface area (Å²) < 4.78 is 51.2. The highest BCUT2D eigenvalue weighted by Crippen LogP contribution is 2.38. The standard InChI is InChI=1S/C28H27N3O5S.C21H21N3O3/c1-17-6-9-19(10-7-17)37(33,34)31-25(23-16-30-24-11-8-18(35-5)14-21(23)24)15-22-20(12-13-29-26(22)31)27(32)36-28(2,3)4;1-21(2,3)27-20(25)13-7-8-22-19-15(13)10-18(24-19)16-11-23-17-6-5-12(26-4)9-14(16)17/h6-16,30H,1-5H3;5-11,23H,1-4H3,(H,22,24). The van der Waals surface area contributed by atoms with Gasteiger partial charge in [-0.15, -0.1) is 0 Å². The van der Waals surface area contributed by atoms with Crippen LogP contribution in [0.3, 0.4) is 0 Å². The molecule has 0 radical (unpaired) electrons. The van der Waals surface area contributed by atoms with Crippen LogP contribution in [0.2, 0.25) is 0 Å². The van der Waals surface area contributed by atoms with E-state index in [1.54, 1.807) is 89.8 Å². The maximum absolute atomic E-state index is 14.1. The third-order valence-electron chi connectivity index (χ3n) is 10.3. The number of carbonyl (C=O) groups excluding carboxylic acids is 2. The van der Waals surface area contributed by atoms with Crippen LogP contribution in [0.1, 0.15) is 67.8 Å². The first-order valence-electron chi connectivity index (χ1n) is 20.4. The van der Waals surface area contributed by atoms with Crippen LogP contribution >= 0.6 is 0 Å². The van der Waals surface area contributed by atoms with Crippen molar-refractivity contribution in [2.75, 3.05) is 14.2 Å². The number of aryl methyl sites for hydroxylation is 1. The van der Waals surface area contributed by atoms with E-state index in [2.05, 4.69) is 24.9 Å². The number of aromatic nitrogens is 6. The minimum absolute atomic E-state index is 0.110. The van der Waals surface area contributed by atoms with E-state index in [0.717, 1.165) is 49.8 Å². The van der Waals surface area contributed by atoms with Crippen molar-refractivity contribution in [1.82, 2.24) is 28.9 Å². The summed E-state index contributed by atoms with van der Waals surface area (Å²) in [5.74, 6) is 0.495. The largest absolute Gasteiger partial charge is 0.497 e. The lowest BCUT2D eigenvalue weighted by atomic mass is 10.1. The van der Waals surface area contributed by atoms with Gasteiger partial charge in [0.05, 0.1) is 35.9 Å². The average Bonchev–Trinajstić information content (AvgIpc) is 4.05. The summed E-state index contributed by atoms with van der Waals surface area (Å²) in [4.78, 5) is 44.3. The fourth-order valence-electron chi connectivity index (χ4n) is 7.40. The smallest absolute Gasteiger partial charge is 0.339 e. The quantitative estimate of drug-likeness (QED) is 0.124. The van der Waals surface area contributed by atoms with E-state index in [9.17, 15) is 18.0 Å². The predicted molar refractivity (Wildman–Crippen MR) is 248 cm³/mol. The summed E-state index contributed by atoms with van der Waals surface area (Å²) in [6, 6.07) is 24.9. The first-order valence-corrected chi connectivity index (χ1v) is 21.9. The molecular formula is C49H48N6O8S. The van der Waals surface area contributed by atoms with Crippen LogP contribution in [-0.2, 0) is 19.5 Å². The number of H-pyrrole nitrogens is 3. The van der Waals surface area contributed by atoms with Gasteiger partial charge < -0.3 is 33.9 Å². The molecule has 64 heavy (non-hydrogen) atoms. The highest BCUT2D eigenvalue weighted by molar-refractivity contribution is 7.90. The molecule has 0 fully saturated rings. The normalized spacial score (nSPS) is 12.1. The van der Waals surface area contributed by atoms with Gasteiger partial charge in [0.25, 0.3) is 10.0 Å². The van der Waals surface area contributed by atoms with Crippen LogP contribution in [-0.4, -0.2) is 74.7 Å². The summed E-state index contributed by atoms with van der Waals surface area (Å²) in [6.45, 7) is 12.8. The molecule has 0 aliphatic heterocycles. The molecule has 0 amide bonds. The molecule has 0 spiro atoms. The molecule has 6 heterocycles. The molecule has 0 aliphatic rings. The summed E-state index contributed by atoms with van der Waals surface area (Å²) in [7, 11) is -0.882. The third kappa shape index (κ3) is 8.41. The first kappa shape index (κ1) is 43.3. The Labute approximate surface area is 369 Å². The Morgan fingerprint density at radius 3 is 1.72 bits per heavy atom. The summed E-state index contributed by atoms with van der Waals surface area (Å²) in [6.07, 6.45) is 6.71. The Kier molecular flexibility index (Phi) is 11.1. The van der Waals surface area contributed by atoms with Crippen molar-refractivity contribution in [3.63, 3.8) is 0 Å². The second-order valence-electron chi connectivity index (χ2n) is 17.2. The molecule has 0 unspecified atom stereocenters. The van der Waals surface area contributed by atoms with Gasteiger partial charge in [-0.2, -0.15) is 0 Å². The number of ether oxygens (including phenoxy) is 4. The molecule has 9 aromatic rings. The number of carbonyl (C=O) groups is 2. The van der Waals surface area contributed by atoms with E-state index in [-0.39, 0.29) is 22.1 Å². The molecule has 9 rings (SSSR count). The molecule has 0 bridgehead atoms. The van der Waals surface area contributed by atoms with Gasteiger partial charge in [0, 0.05) is 74.2 Å². The van der Waals surface area contributed by atoms with Gasteiger partial charge in [-0.1, -0.05) is 17.7 Å². The van der Waals surface area contributed by atoms with Crippen LogP contribution in [0.5, 0.6) is 11.5 Å². The number of nitrogens with one attached hydrogen (secondary N) is 3. The second kappa shape index (κ2) is 16.4. The Morgan fingerprint density at radius 2 is 1.16 bits per heavy atom. The zero-order valence-corrected chi connectivity index (χ0v) is 37.7. The zero-order chi connectivity index (χ0) is 45.7. The molecule has 3 aromatic carbocycles. The van der Waals surface area contributed by atoms with Gasteiger partial charge in [-0.25, -0.2) is 31.9 Å². The number of benzene rings is 3. The average molecular weight is 881 g/mol. The number of pyridine rings is 2. The van der Waals surface area contributed by atoms with E-state index >= 15 is 0 Å². The van der Waals surface area contributed by atoms with Gasteiger partial charge in [0.15, 0.2) is 5.65 Å². The van der Waals surface area contributed by atoms with Crippen molar-refractivity contribution in [2.45, 2.75) is 64.6 Å². The number of fused-ring (bicyclic) bond motifs is 4. The molecule has 328 valence electrons. The van der Waals surface area contributed by atoms with Crippen molar-refractivity contribution in [1.29, 1.82) is 0 Å². The minimum atomic E-state index is -4.10. The number of methoxy groups -OCH3 is 2. The fourth-order valence-corrected chi connectivity index (χ4v) is 8.88. The summed E-state index contributed by atoms with van der Waals surface area (Å²) >= 11 is 0. The van der Waals surface area contributed by atoms with Crippen molar-refractivity contribution in [2.24, 2.45) is 0 Å². The SMILES string of the molecule is COc1ccc2[nH]cc(-c3cc4c(C(=O)OC(C)(C)C)ccnc4[nH]3)c2c1.COc1ccc2[nH]cc(-c3cc4c(C(=O)OC(C)(C)C)ccnc4n3S(=O)(=O)c3ccc(C)cc3)c2c1. The van der Waals surface area contributed by atoms with Gasteiger partial charge in [0.1, 0.15) is 28.3 Å². The highest BCUT2D eigenvalue weighted by Gasteiger charge is 2.30. The Bertz CT molecular complexity index is 3340. The van der Waals surface area contributed by atoms with Crippen LogP contribution in [0.25, 0.3) is 66.4 Å². The van der Waals surface area contributed by atoms with E-state index in [1.807, 2.05) is 76.4 Å². The highest BCUT2D eigenvalue weighted by atomic mass is 32.2. The number of aromatic amines is 3. The van der Waals surface area contributed by atoms with Crippen LogP contribution in [0.15, 0.2) is 115 Å². The van der Waals surface area contributed by atoms with E-state index < -0.39 is 27.2 Å². The maximum atomic E-state index is 14.1. The van der Waals surface area contributed by atoms with E-state index in [0.29, 0.717) is 33.6 Å². The monoisotopic (exact) mass is 880 g/mol. The van der Waals surface area contributed by atoms with E-state index in [1.165, 1.54) is 10.2 Å². The molecule has 3 N–H and O–H groups in total. The minimum Gasteiger partial charge on any atom is -0.497 e. The van der Waals surface area contributed by atoms with Crippen LogP contribution < -0.4 is 9.47 Å². The Morgan fingerprint density at radius 1 is 0.625 bits per heavy atom. The van der Waals surface area contributed by atoms with Gasteiger partial charge >= 0.3 is 11.9 Å². The third-order valence-corrected chi connectivity index (χ3v) is 12.1. The number of esters is 2. The molecule has 0 aliphatic carbocycles. The van der Waals surface area contributed by atoms with Gasteiger partial charge in [-0.3, -0.25) is 0 Å². The molecule has 6 aromatic heterocycles. The van der Waals surface area contributed by atoms with Crippen molar-refractivity contribution >= 4 is 65.8 Å². The first-order chi connectivity index (χ1) is 30.3. The molecule has 0 saturated heterocycles. The molecule has 0 saturated carbocycles. The van der Waals surface area contributed by atoms with Crippen molar-refractivity contribution < 1.29 is 37.0 Å². The van der Waals surface area contributed by atoms with Crippen molar-refractivity contribution in [3.05, 3.63) is 126 Å². The maximum Gasteiger partial charge on any atom is 0.339 e. The Balaban J connectivity index is 0.000000184. The molecular weight excluding hydrogens is 833 g/mol. The summed E-state index contributed by atoms with van der Waals surface area (Å²) in [5, 5.41) is 2.90. The number of nitrogens with zero attached hydrogens (tertiary/aromatic N) is 3. The zero-order valence-electron chi connectivity index (χ0n) is 36.9. The lowest BCUT2D eigenvalue weighted by molar-refractivity contribution is 0.00592. The van der Waals surface area contributed by atoms with Gasteiger partial charge in [0.2, 0.25) is 0 Å². The Hall–Kier alpha value is -7.39. The van der Waals surface area contributed by atoms with Gasteiger partial charge in [-0.05, 0) is 121 Å². The number of hydrogen-bond donors (Lipinski definition) is 3. The molecule has 14 nitrogen and oxygen atoms in total. The number of rotatable bonds is 8. The van der Waals surface area contributed by atoms with Crippen LogP contribution in [0, 0.1) is 6.92 Å². The van der Waals surface area contributed by atoms with E-state index in [4.69, 9.17) is 18.9 Å². The molecule has 0 atom stereocenters.